The molecule has 0 radical (unpaired) electrons. The van der Waals surface area contributed by atoms with Crippen molar-refractivity contribution < 1.29 is 19.1 Å². The monoisotopic (exact) mass is 292 g/mol. The van der Waals surface area contributed by atoms with E-state index in [4.69, 9.17) is 9.47 Å². The summed E-state index contributed by atoms with van der Waals surface area (Å²) in [7, 11) is 0. The van der Waals surface area contributed by atoms with Crippen molar-refractivity contribution in [3.05, 3.63) is 29.3 Å². The van der Waals surface area contributed by atoms with Crippen molar-refractivity contribution >= 4 is 11.9 Å². The first-order valence-corrected chi connectivity index (χ1v) is 7.36. The zero-order chi connectivity index (χ0) is 15.8. The first-order chi connectivity index (χ1) is 9.92. The van der Waals surface area contributed by atoms with E-state index in [2.05, 4.69) is 0 Å². The molecule has 0 N–H and O–H groups in total. The van der Waals surface area contributed by atoms with Gasteiger partial charge in [-0.15, -0.1) is 0 Å². The van der Waals surface area contributed by atoms with Crippen LogP contribution in [0.3, 0.4) is 0 Å². The molecule has 1 atom stereocenters. The molecular formula is C17H24O4. The fraction of sp³-hybridized carbons (Fsp3) is 0.529. The van der Waals surface area contributed by atoms with Crippen LogP contribution in [0.1, 0.15) is 44.2 Å². The molecule has 0 saturated heterocycles. The Bertz CT molecular complexity index is 494. The summed E-state index contributed by atoms with van der Waals surface area (Å²) in [5.74, 6) is 0.0820. The van der Waals surface area contributed by atoms with Gasteiger partial charge in [0.1, 0.15) is 5.75 Å². The summed E-state index contributed by atoms with van der Waals surface area (Å²) in [6, 6.07) is 5.47. The average molecular weight is 292 g/mol. The van der Waals surface area contributed by atoms with E-state index in [1.165, 1.54) is 0 Å². The molecule has 0 saturated carbocycles. The minimum atomic E-state index is -0.418. The lowest BCUT2D eigenvalue weighted by Crippen LogP contribution is -2.15. The summed E-state index contributed by atoms with van der Waals surface area (Å²) < 4.78 is 10.3. The molecule has 0 amide bonds. The van der Waals surface area contributed by atoms with Crippen LogP contribution >= 0.6 is 0 Å². The van der Waals surface area contributed by atoms with Crippen LogP contribution < -0.4 is 4.74 Å². The normalized spacial score (nSPS) is 11.8. The summed E-state index contributed by atoms with van der Waals surface area (Å²) in [5.41, 5.74) is 2.21. The average Bonchev–Trinajstić information content (AvgIpc) is 2.46. The molecule has 4 nitrogen and oxygen atoms in total. The highest BCUT2D eigenvalue weighted by Crippen LogP contribution is 2.17. The highest BCUT2D eigenvalue weighted by molar-refractivity contribution is 5.79. The first-order valence-electron chi connectivity index (χ1n) is 7.36. The van der Waals surface area contributed by atoms with Gasteiger partial charge in [0.2, 0.25) is 0 Å². The number of hydrogen-bond donors (Lipinski definition) is 0. The summed E-state index contributed by atoms with van der Waals surface area (Å²) in [5, 5.41) is 0. The van der Waals surface area contributed by atoms with Crippen LogP contribution in [0.2, 0.25) is 0 Å². The maximum absolute atomic E-state index is 11.7. The quantitative estimate of drug-likeness (QED) is 0.569. The van der Waals surface area contributed by atoms with Gasteiger partial charge in [0, 0.05) is 0 Å². The summed E-state index contributed by atoms with van der Waals surface area (Å²) in [6.45, 7) is 8.41. The number of carbonyl (C=O) groups excluding carboxylic acids is 2. The van der Waals surface area contributed by atoms with Crippen LogP contribution in [0.25, 0.3) is 0 Å². The Balaban J connectivity index is 2.33. The van der Waals surface area contributed by atoms with Crippen LogP contribution in [-0.4, -0.2) is 18.5 Å². The number of benzene rings is 1. The Morgan fingerprint density at radius 2 is 1.76 bits per heavy atom. The molecule has 116 valence electrons. The van der Waals surface area contributed by atoms with Crippen molar-refractivity contribution in [3.8, 4) is 5.75 Å². The van der Waals surface area contributed by atoms with Crippen molar-refractivity contribution in [1.29, 1.82) is 0 Å². The molecule has 0 aliphatic carbocycles. The van der Waals surface area contributed by atoms with E-state index in [1.54, 1.807) is 6.07 Å². The number of aryl methyl sites for hydroxylation is 2. The van der Waals surface area contributed by atoms with Crippen molar-refractivity contribution in [1.82, 2.24) is 0 Å². The summed E-state index contributed by atoms with van der Waals surface area (Å²) in [6.07, 6.45) is 1.05. The molecule has 0 aliphatic rings. The highest BCUT2D eigenvalue weighted by Gasteiger charge is 2.11. The van der Waals surface area contributed by atoms with Gasteiger partial charge in [-0.25, -0.2) is 0 Å². The maximum Gasteiger partial charge on any atom is 0.311 e. The molecule has 1 aromatic rings. The Labute approximate surface area is 126 Å². The summed E-state index contributed by atoms with van der Waals surface area (Å²) >= 11 is 0. The van der Waals surface area contributed by atoms with Crippen LogP contribution in [0, 0.1) is 19.8 Å². The van der Waals surface area contributed by atoms with Gasteiger partial charge >= 0.3 is 11.9 Å². The van der Waals surface area contributed by atoms with Crippen LogP contribution in [0.15, 0.2) is 18.2 Å². The third-order valence-corrected chi connectivity index (χ3v) is 3.47. The second kappa shape index (κ2) is 8.45. The lowest BCUT2D eigenvalue weighted by atomic mass is 10.1. The fourth-order valence-corrected chi connectivity index (χ4v) is 1.59. The van der Waals surface area contributed by atoms with Crippen molar-refractivity contribution in [2.45, 2.75) is 47.0 Å². The third kappa shape index (κ3) is 6.43. The highest BCUT2D eigenvalue weighted by atomic mass is 16.5. The molecular weight excluding hydrogens is 268 g/mol. The van der Waals surface area contributed by atoms with Gasteiger partial charge < -0.3 is 9.47 Å². The Hall–Kier alpha value is -1.84. The Kier molecular flexibility index (Phi) is 6.92. The third-order valence-electron chi connectivity index (χ3n) is 3.47. The maximum atomic E-state index is 11.7. The molecule has 0 fully saturated rings. The number of hydrogen-bond acceptors (Lipinski definition) is 4. The van der Waals surface area contributed by atoms with Gasteiger partial charge in [-0.3, -0.25) is 9.59 Å². The molecule has 0 bridgehead atoms. The van der Waals surface area contributed by atoms with Gasteiger partial charge in [-0.2, -0.15) is 0 Å². The van der Waals surface area contributed by atoms with Crippen molar-refractivity contribution in [2.75, 3.05) is 6.61 Å². The minimum Gasteiger partial charge on any atom is -0.465 e. The van der Waals surface area contributed by atoms with E-state index in [1.807, 2.05) is 39.8 Å². The molecule has 0 aliphatic heterocycles. The van der Waals surface area contributed by atoms with Crippen LogP contribution in [0.4, 0.5) is 0 Å². The van der Waals surface area contributed by atoms with E-state index in [9.17, 15) is 9.59 Å². The molecule has 1 aromatic carbocycles. The standard InChI is InChI=1S/C17H24O4/c1-5-12(2)11-20-16(18)8-9-17(19)21-15-7-6-13(3)14(4)10-15/h6-7,10,12H,5,8-9,11H2,1-4H3. The summed E-state index contributed by atoms with van der Waals surface area (Å²) in [4.78, 5) is 23.2. The predicted molar refractivity (Wildman–Crippen MR) is 81.2 cm³/mol. The van der Waals surface area contributed by atoms with E-state index in [0.29, 0.717) is 18.3 Å². The number of esters is 2. The van der Waals surface area contributed by atoms with Gasteiger partial charge in [0.05, 0.1) is 19.4 Å². The second-order valence-corrected chi connectivity index (χ2v) is 5.42. The zero-order valence-electron chi connectivity index (χ0n) is 13.3. The molecule has 0 aromatic heterocycles. The van der Waals surface area contributed by atoms with E-state index in [-0.39, 0.29) is 18.8 Å². The van der Waals surface area contributed by atoms with Crippen LogP contribution in [0.5, 0.6) is 5.75 Å². The van der Waals surface area contributed by atoms with E-state index < -0.39 is 5.97 Å². The molecule has 0 spiro atoms. The molecule has 4 heteroatoms. The van der Waals surface area contributed by atoms with E-state index >= 15 is 0 Å². The van der Waals surface area contributed by atoms with Crippen molar-refractivity contribution in [3.63, 3.8) is 0 Å². The largest absolute Gasteiger partial charge is 0.465 e. The fourth-order valence-electron chi connectivity index (χ4n) is 1.59. The Morgan fingerprint density at radius 3 is 2.38 bits per heavy atom. The topological polar surface area (TPSA) is 52.6 Å². The smallest absolute Gasteiger partial charge is 0.311 e. The molecule has 1 rings (SSSR count). The van der Waals surface area contributed by atoms with Gasteiger partial charge in [-0.05, 0) is 43.0 Å². The SMILES string of the molecule is CCC(C)COC(=O)CCC(=O)Oc1ccc(C)c(C)c1. The number of carbonyl (C=O) groups is 2. The zero-order valence-corrected chi connectivity index (χ0v) is 13.3. The lowest BCUT2D eigenvalue weighted by Gasteiger charge is -2.09. The van der Waals surface area contributed by atoms with Gasteiger partial charge in [-0.1, -0.05) is 26.3 Å². The molecule has 1 unspecified atom stereocenters. The van der Waals surface area contributed by atoms with Gasteiger partial charge in [0.25, 0.3) is 0 Å². The Morgan fingerprint density at radius 1 is 1.10 bits per heavy atom. The predicted octanol–water partition coefficient (Wildman–Crippen LogP) is 3.58. The van der Waals surface area contributed by atoms with Crippen LogP contribution in [-0.2, 0) is 14.3 Å². The molecule has 21 heavy (non-hydrogen) atoms. The number of rotatable bonds is 7. The number of ether oxygens (including phenoxy) is 2. The first kappa shape index (κ1) is 17.2. The van der Waals surface area contributed by atoms with E-state index in [0.717, 1.165) is 17.5 Å². The lowest BCUT2D eigenvalue weighted by molar-refractivity contribution is -0.147. The second-order valence-electron chi connectivity index (χ2n) is 5.42. The minimum absolute atomic E-state index is 0.0340. The van der Waals surface area contributed by atoms with Crippen molar-refractivity contribution in [2.24, 2.45) is 5.92 Å². The molecule has 0 heterocycles. The van der Waals surface area contributed by atoms with Gasteiger partial charge in [0.15, 0.2) is 0 Å².